The molecular weight excluding hydrogens is 246 g/mol. The van der Waals surface area contributed by atoms with Gasteiger partial charge in [0.05, 0.1) is 6.04 Å². The van der Waals surface area contributed by atoms with Crippen molar-refractivity contribution < 1.29 is 4.79 Å². The number of hydrogen-bond donors (Lipinski definition) is 1. The second-order valence-electron chi connectivity index (χ2n) is 5.11. The molecule has 0 amide bonds. The standard InChI is InChI=1S/C15H21NO.ClH/c1-11(16)15(17)14-9-7-13(8-10-14)12-5-3-2-4-6-12;/h7-12H,2-6,16H2,1H3;1H. The fraction of sp³-hybridized carbons (Fsp3) is 0.533. The number of carbonyl (C=O) groups is 1. The molecular formula is C15H22ClNO. The molecule has 1 atom stereocenters. The molecule has 18 heavy (non-hydrogen) atoms. The van der Waals surface area contributed by atoms with E-state index in [0.29, 0.717) is 5.92 Å². The lowest BCUT2D eigenvalue weighted by molar-refractivity contribution is 0.0968. The molecule has 2 rings (SSSR count). The largest absolute Gasteiger partial charge is 0.321 e. The summed E-state index contributed by atoms with van der Waals surface area (Å²) in [5.41, 5.74) is 7.72. The van der Waals surface area contributed by atoms with E-state index in [1.165, 1.54) is 37.7 Å². The average molecular weight is 268 g/mol. The van der Waals surface area contributed by atoms with E-state index in [4.69, 9.17) is 5.73 Å². The third-order valence-corrected chi connectivity index (χ3v) is 3.69. The van der Waals surface area contributed by atoms with Crippen LogP contribution in [0.25, 0.3) is 0 Å². The van der Waals surface area contributed by atoms with Crippen molar-refractivity contribution in [3.63, 3.8) is 0 Å². The van der Waals surface area contributed by atoms with E-state index >= 15 is 0 Å². The highest BCUT2D eigenvalue weighted by Gasteiger charge is 2.16. The first-order valence-corrected chi connectivity index (χ1v) is 6.58. The maximum absolute atomic E-state index is 11.7. The van der Waals surface area contributed by atoms with Crippen molar-refractivity contribution in [3.05, 3.63) is 35.4 Å². The number of halogens is 1. The van der Waals surface area contributed by atoms with Crippen molar-refractivity contribution in [3.8, 4) is 0 Å². The zero-order valence-corrected chi connectivity index (χ0v) is 11.7. The topological polar surface area (TPSA) is 43.1 Å². The lowest BCUT2D eigenvalue weighted by Crippen LogP contribution is -2.26. The van der Waals surface area contributed by atoms with Gasteiger partial charge in [-0.3, -0.25) is 4.79 Å². The van der Waals surface area contributed by atoms with Gasteiger partial charge in [0.25, 0.3) is 0 Å². The molecule has 1 aromatic rings. The van der Waals surface area contributed by atoms with Gasteiger partial charge in [0.1, 0.15) is 0 Å². The molecule has 0 aromatic heterocycles. The number of ketones is 1. The maximum Gasteiger partial charge on any atom is 0.179 e. The second-order valence-corrected chi connectivity index (χ2v) is 5.11. The number of hydrogen-bond acceptors (Lipinski definition) is 2. The molecule has 1 aliphatic rings. The van der Waals surface area contributed by atoms with Crippen LogP contribution >= 0.6 is 12.4 Å². The molecule has 1 fully saturated rings. The summed E-state index contributed by atoms with van der Waals surface area (Å²) in [4.78, 5) is 11.7. The first kappa shape index (κ1) is 15.2. The van der Waals surface area contributed by atoms with Gasteiger partial charge >= 0.3 is 0 Å². The van der Waals surface area contributed by atoms with Gasteiger partial charge in [-0.15, -0.1) is 12.4 Å². The summed E-state index contributed by atoms with van der Waals surface area (Å²) in [5, 5.41) is 0. The molecule has 1 unspecified atom stereocenters. The Balaban J connectivity index is 0.00000162. The minimum Gasteiger partial charge on any atom is -0.321 e. The fourth-order valence-electron chi connectivity index (χ4n) is 2.62. The second kappa shape index (κ2) is 6.91. The van der Waals surface area contributed by atoms with Gasteiger partial charge in [0.2, 0.25) is 0 Å². The quantitative estimate of drug-likeness (QED) is 0.849. The first-order chi connectivity index (χ1) is 8.18. The van der Waals surface area contributed by atoms with Crippen LogP contribution in [0.5, 0.6) is 0 Å². The predicted octanol–water partition coefficient (Wildman–Crippen LogP) is 3.69. The van der Waals surface area contributed by atoms with Gasteiger partial charge in [-0.1, -0.05) is 43.5 Å². The monoisotopic (exact) mass is 267 g/mol. The molecule has 100 valence electrons. The normalized spacial score (nSPS) is 17.9. The van der Waals surface area contributed by atoms with Gasteiger partial charge < -0.3 is 5.73 Å². The van der Waals surface area contributed by atoms with Gasteiger partial charge in [0.15, 0.2) is 5.78 Å². The van der Waals surface area contributed by atoms with Crippen LogP contribution in [0.15, 0.2) is 24.3 Å². The third kappa shape index (κ3) is 3.56. The molecule has 0 bridgehead atoms. The molecule has 3 heteroatoms. The van der Waals surface area contributed by atoms with Crippen LogP contribution in [0.1, 0.15) is 60.9 Å². The SMILES string of the molecule is CC(N)C(=O)c1ccc(C2CCCCC2)cc1.Cl. The lowest BCUT2D eigenvalue weighted by atomic mass is 9.84. The van der Waals surface area contributed by atoms with Crippen LogP contribution in [0.3, 0.4) is 0 Å². The van der Waals surface area contributed by atoms with Crippen molar-refractivity contribution >= 4 is 18.2 Å². The maximum atomic E-state index is 11.7. The van der Waals surface area contributed by atoms with E-state index in [-0.39, 0.29) is 18.2 Å². The number of nitrogens with two attached hydrogens (primary N) is 1. The predicted molar refractivity (Wildman–Crippen MR) is 77.5 cm³/mol. The number of carbonyl (C=O) groups excluding carboxylic acids is 1. The molecule has 1 aliphatic carbocycles. The molecule has 0 aliphatic heterocycles. The average Bonchev–Trinajstić information content (AvgIpc) is 2.39. The molecule has 0 heterocycles. The summed E-state index contributed by atoms with van der Waals surface area (Å²) in [6, 6.07) is 7.65. The van der Waals surface area contributed by atoms with Crippen molar-refractivity contribution in [2.45, 2.75) is 51.0 Å². The van der Waals surface area contributed by atoms with E-state index in [1.807, 2.05) is 12.1 Å². The van der Waals surface area contributed by atoms with Crippen LogP contribution in [0.2, 0.25) is 0 Å². The van der Waals surface area contributed by atoms with E-state index in [2.05, 4.69) is 12.1 Å². The van der Waals surface area contributed by atoms with Crippen LogP contribution < -0.4 is 5.73 Å². The van der Waals surface area contributed by atoms with Crippen LogP contribution in [0, 0.1) is 0 Å². The minimum absolute atomic E-state index is 0. The summed E-state index contributed by atoms with van der Waals surface area (Å²) in [6.07, 6.45) is 6.63. The summed E-state index contributed by atoms with van der Waals surface area (Å²) in [6.45, 7) is 1.73. The smallest absolute Gasteiger partial charge is 0.179 e. The Morgan fingerprint density at radius 2 is 1.72 bits per heavy atom. The molecule has 1 saturated carbocycles. The Morgan fingerprint density at radius 3 is 2.22 bits per heavy atom. The van der Waals surface area contributed by atoms with Crippen LogP contribution in [0.4, 0.5) is 0 Å². The summed E-state index contributed by atoms with van der Waals surface area (Å²) < 4.78 is 0. The summed E-state index contributed by atoms with van der Waals surface area (Å²) >= 11 is 0. The third-order valence-electron chi connectivity index (χ3n) is 3.69. The molecule has 2 N–H and O–H groups in total. The Kier molecular flexibility index (Phi) is 5.83. The van der Waals surface area contributed by atoms with Crippen LogP contribution in [-0.4, -0.2) is 11.8 Å². The van der Waals surface area contributed by atoms with Crippen molar-refractivity contribution in [1.82, 2.24) is 0 Å². The van der Waals surface area contributed by atoms with E-state index < -0.39 is 6.04 Å². The zero-order chi connectivity index (χ0) is 12.3. The number of rotatable bonds is 3. The Hall–Kier alpha value is -0.860. The van der Waals surface area contributed by atoms with Crippen molar-refractivity contribution in [2.75, 3.05) is 0 Å². The fourth-order valence-corrected chi connectivity index (χ4v) is 2.62. The highest BCUT2D eigenvalue weighted by Crippen LogP contribution is 2.32. The van der Waals surface area contributed by atoms with Gasteiger partial charge in [-0.2, -0.15) is 0 Å². The molecule has 0 spiro atoms. The summed E-state index contributed by atoms with van der Waals surface area (Å²) in [7, 11) is 0. The minimum atomic E-state index is -0.407. The van der Waals surface area contributed by atoms with Crippen molar-refractivity contribution in [2.24, 2.45) is 5.73 Å². The Labute approximate surface area is 115 Å². The van der Waals surface area contributed by atoms with E-state index in [9.17, 15) is 4.79 Å². The van der Waals surface area contributed by atoms with Crippen molar-refractivity contribution in [1.29, 1.82) is 0 Å². The molecule has 1 aromatic carbocycles. The first-order valence-electron chi connectivity index (χ1n) is 6.58. The highest BCUT2D eigenvalue weighted by molar-refractivity contribution is 5.99. The van der Waals surface area contributed by atoms with Gasteiger partial charge in [0, 0.05) is 5.56 Å². The van der Waals surface area contributed by atoms with Gasteiger partial charge in [-0.25, -0.2) is 0 Å². The van der Waals surface area contributed by atoms with E-state index in [1.54, 1.807) is 6.92 Å². The summed E-state index contributed by atoms with van der Waals surface area (Å²) in [5.74, 6) is 0.725. The number of benzene rings is 1. The Bertz CT molecular complexity index is 380. The molecule has 0 saturated heterocycles. The van der Waals surface area contributed by atoms with E-state index in [0.717, 1.165) is 5.56 Å². The Morgan fingerprint density at radius 1 is 1.17 bits per heavy atom. The lowest BCUT2D eigenvalue weighted by Gasteiger charge is -2.22. The van der Waals surface area contributed by atoms with Crippen LogP contribution in [-0.2, 0) is 0 Å². The number of Topliss-reactive ketones (excluding diaryl/α,β-unsaturated/α-hetero) is 1. The highest BCUT2D eigenvalue weighted by atomic mass is 35.5. The van der Waals surface area contributed by atoms with Gasteiger partial charge in [-0.05, 0) is 31.2 Å². The molecule has 0 radical (unpaired) electrons. The zero-order valence-electron chi connectivity index (χ0n) is 10.9. The molecule has 2 nitrogen and oxygen atoms in total.